The predicted octanol–water partition coefficient (Wildman–Crippen LogP) is 1.71. The van der Waals surface area contributed by atoms with E-state index in [2.05, 4.69) is 0 Å². The van der Waals surface area contributed by atoms with Gasteiger partial charge in [0.2, 0.25) is 0 Å². The molecule has 0 bridgehead atoms. The minimum Gasteiger partial charge on any atom is -0.195 e. The van der Waals surface area contributed by atoms with Crippen molar-refractivity contribution in [1.82, 2.24) is 8.61 Å². The van der Waals surface area contributed by atoms with Crippen LogP contribution in [0.4, 0.5) is 0 Å². The average Bonchev–Trinajstić information content (AvgIpc) is 2.29. The molecule has 0 aliphatic carbocycles. The highest BCUT2D eigenvalue weighted by Gasteiger charge is 2.23. The second kappa shape index (κ2) is 6.14. The molecule has 1 aromatic carbocycles. The summed E-state index contributed by atoms with van der Waals surface area (Å²) >= 11 is 0. The van der Waals surface area contributed by atoms with Crippen molar-refractivity contribution in [2.75, 3.05) is 20.6 Å². The Labute approximate surface area is 104 Å². The molecule has 0 aliphatic rings. The maximum atomic E-state index is 12.1. The Balaban J connectivity index is 2.88. The van der Waals surface area contributed by atoms with Gasteiger partial charge in [-0.2, -0.15) is 17.0 Å². The first-order valence-corrected chi connectivity index (χ1v) is 7.09. The average molecular weight is 256 g/mol. The van der Waals surface area contributed by atoms with E-state index >= 15 is 0 Å². The van der Waals surface area contributed by atoms with Gasteiger partial charge < -0.3 is 0 Å². The van der Waals surface area contributed by atoms with Crippen LogP contribution in [-0.4, -0.2) is 37.7 Å². The third kappa shape index (κ3) is 3.80. The molecule has 0 saturated heterocycles. The van der Waals surface area contributed by atoms with Gasteiger partial charge in [0.15, 0.2) is 0 Å². The van der Waals surface area contributed by atoms with E-state index in [1.54, 1.807) is 14.1 Å². The minimum atomic E-state index is -3.33. The summed E-state index contributed by atoms with van der Waals surface area (Å²) in [6.07, 6.45) is 0.805. The molecule has 0 heterocycles. The van der Waals surface area contributed by atoms with Crippen molar-refractivity contribution >= 4 is 10.2 Å². The summed E-state index contributed by atoms with van der Waals surface area (Å²) in [5.41, 5.74) is 1.01. The highest BCUT2D eigenvalue weighted by Crippen LogP contribution is 2.11. The van der Waals surface area contributed by atoms with Crippen molar-refractivity contribution in [3.05, 3.63) is 35.9 Å². The maximum Gasteiger partial charge on any atom is 0.281 e. The number of hydrogen-bond donors (Lipinski definition) is 0. The van der Waals surface area contributed by atoms with Crippen LogP contribution in [0.25, 0.3) is 0 Å². The second-order valence-electron chi connectivity index (χ2n) is 4.11. The normalized spacial score (nSPS) is 12.3. The summed E-state index contributed by atoms with van der Waals surface area (Å²) in [6.45, 7) is 2.94. The van der Waals surface area contributed by atoms with Crippen molar-refractivity contribution in [1.29, 1.82) is 0 Å². The summed E-state index contributed by atoms with van der Waals surface area (Å²) in [7, 11) is -0.216. The Morgan fingerprint density at radius 2 is 1.71 bits per heavy atom. The van der Waals surface area contributed by atoms with Gasteiger partial charge in [-0.05, 0) is 12.0 Å². The van der Waals surface area contributed by atoms with E-state index in [1.165, 1.54) is 8.61 Å². The van der Waals surface area contributed by atoms with Gasteiger partial charge in [0.25, 0.3) is 10.2 Å². The van der Waals surface area contributed by atoms with Crippen LogP contribution >= 0.6 is 0 Å². The lowest BCUT2D eigenvalue weighted by molar-refractivity contribution is 0.369. The molecule has 1 aromatic rings. The Hall–Kier alpha value is -0.910. The van der Waals surface area contributed by atoms with Gasteiger partial charge in [-0.15, -0.1) is 0 Å². The first kappa shape index (κ1) is 14.2. The monoisotopic (exact) mass is 256 g/mol. The van der Waals surface area contributed by atoms with Crippen LogP contribution in [0.1, 0.15) is 18.9 Å². The zero-order valence-electron chi connectivity index (χ0n) is 10.6. The van der Waals surface area contributed by atoms with Crippen molar-refractivity contribution < 1.29 is 8.42 Å². The van der Waals surface area contributed by atoms with Gasteiger partial charge >= 0.3 is 0 Å². The molecule has 4 nitrogen and oxygen atoms in total. The predicted molar refractivity (Wildman–Crippen MR) is 69.7 cm³/mol. The summed E-state index contributed by atoms with van der Waals surface area (Å²) in [4.78, 5) is 0. The minimum absolute atomic E-state index is 0.426. The van der Waals surface area contributed by atoms with Gasteiger partial charge in [-0.25, -0.2) is 0 Å². The molecule has 1 rings (SSSR count). The van der Waals surface area contributed by atoms with Crippen molar-refractivity contribution in [3.8, 4) is 0 Å². The fourth-order valence-electron chi connectivity index (χ4n) is 1.54. The van der Waals surface area contributed by atoms with Gasteiger partial charge in [0, 0.05) is 27.2 Å². The Morgan fingerprint density at radius 3 is 2.18 bits per heavy atom. The third-order valence-electron chi connectivity index (χ3n) is 2.46. The first-order chi connectivity index (χ1) is 7.98. The molecule has 0 spiro atoms. The van der Waals surface area contributed by atoms with E-state index in [-0.39, 0.29) is 0 Å². The number of hydrogen-bond acceptors (Lipinski definition) is 2. The van der Waals surface area contributed by atoms with E-state index in [9.17, 15) is 8.42 Å². The maximum absolute atomic E-state index is 12.1. The molecule has 96 valence electrons. The fraction of sp³-hybridized carbons (Fsp3) is 0.500. The van der Waals surface area contributed by atoms with Crippen LogP contribution in [0.5, 0.6) is 0 Å². The van der Waals surface area contributed by atoms with Crippen LogP contribution in [0, 0.1) is 0 Å². The topological polar surface area (TPSA) is 40.6 Å². The lowest BCUT2D eigenvalue weighted by Gasteiger charge is -2.25. The third-order valence-corrected chi connectivity index (χ3v) is 4.35. The molecule has 0 saturated carbocycles. The lowest BCUT2D eigenvalue weighted by Crippen LogP contribution is -2.40. The molecule has 0 radical (unpaired) electrons. The quantitative estimate of drug-likeness (QED) is 0.777. The van der Waals surface area contributed by atoms with E-state index < -0.39 is 10.2 Å². The molecular weight excluding hydrogens is 236 g/mol. The van der Waals surface area contributed by atoms with Crippen LogP contribution in [-0.2, 0) is 16.8 Å². The standard InChI is InChI=1S/C12H20N2O2S/c1-4-10-14(17(15,16)13(2)3)11-12-8-6-5-7-9-12/h5-9H,4,10-11H2,1-3H3. The highest BCUT2D eigenvalue weighted by atomic mass is 32.2. The smallest absolute Gasteiger partial charge is 0.195 e. The van der Waals surface area contributed by atoms with Crippen molar-refractivity contribution in [2.45, 2.75) is 19.9 Å². The summed E-state index contributed by atoms with van der Waals surface area (Å²) < 4.78 is 26.9. The zero-order valence-corrected chi connectivity index (χ0v) is 11.4. The van der Waals surface area contributed by atoms with E-state index in [4.69, 9.17) is 0 Å². The van der Waals surface area contributed by atoms with Crippen LogP contribution in [0.15, 0.2) is 30.3 Å². The number of benzene rings is 1. The Bertz CT molecular complexity index is 429. The van der Waals surface area contributed by atoms with Gasteiger partial charge in [0.1, 0.15) is 0 Å². The number of nitrogens with zero attached hydrogens (tertiary/aromatic N) is 2. The summed E-state index contributed by atoms with van der Waals surface area (Å²) in [6, 6.07) is 9.64. The van der Waals surface area contributed by atoms with Crippen molar-refractivity contribution in [2.24, 2.45) is 0 Å². The van der Waals surface area contributed by atoms with E-state index in [0.29, 0.717) is 13.1 Å². The first-order valence-electron chi connectivity index (χ1n) is 5.70. The molecule has 0 amide bonds. The Kier molecular flexibility index (Phi) is 5.11. The van der Waals surface area contributed by atoms with Crippen molar-refractivity contribution in [3.63, 3.8) is 0 Å². The largest absolute Gasteiger partial charge is 0.281 e. The van der Waals surface area contributed by atoms with E-state index in [1.807, 2.05) is 37.3 Å². The molecule has 0 unspecified atom stereocenters. The van der Waals surface area contributed by atoms with Crippen LogP contribution < -0.4 is 0 Å². The SMILES string of the molecule is CCCN(Cc1ccccc1)S(=O)(=O)N(C)C. The second-order valence-corrected chi connectivity index (χ2v) is 6.25. The van der Waals surface area contributed by atoms with Gasteiger partial charge in [-0.3, -0.25) is 0 Å². The van der Waals surface area contributed by atoms with E-state index in [0.717, 1.165) is 12.0 Å². The van der Waals surface area contributed by atoms with Crippen LogP contribution in [0.2, 0.25) is 0 Å². The summed E-state index contributed by atoms with van der Waals surface area (Å²) in [5.74, 6) is 0. The number of rotatable bonds is 6. The van der Waals surface area contributed by atoms with Crippen LogP contribution in [0.3, 0.4) is 0 Å². The van der Waals surface area contributed by atoms with Gasteiger partial charge in [0.05, 0.1) is 0 Å². The highest BCUT2D eigenvalue weighted by molar-refractivity contribution is 7.86. The molecule has 0 fully saturated rings. The zero-order chi connectivity index (χ0) is 12.9. The molecule has 0 aromatic heterocycles. The molecule has 0 aliphatic heterocycles. The Morgan fingerprint density at radius 1 is 1.12 bits per heavy atom. The molecule has 5 heteroatoms. The molecular formula is C12H20N2O2S. The fourth-order valence-corrected chi connectivity index (χ4v) is 2.73. The lowest BCUT2D eigenvalue weighted by atomic mass is 10.2. The van der Waals surface area contributed by atoms with Gasteiger partial charge in [-0.1, -0.05) is 37.3 Å². The molecule has 0 atom stereocenters. The molecule has 17 heavy (non-hydrogen) atoms. The summed E-state index contributed by atoms with van der Waals surface area (Å²) in [5, 5.41) is 0. The molecule has 0 N–H and O–H groups in total.